The summed E-state index contributed by atoms with van der Waals surface area (Å²) in [7, 11) is 0. The van der Waals surface area contributed by atoms with Crippen molar-refractivity contribution in [3.63, 3.8) is 0 Å². The summed E-state index contributed by atoms with van der Waals surface area (Å²) >= 11 is 1.33. The van der Waals surface area contributed by atoms with Gasteiger partial charge in [0.2, 0.25) is 5.13 Å². The molecule has 2 aromatic heterocycles. The molecule has 0 aliphatic rings. The summed E-state index contributed by atoms with van der Waals surface area (Å²) in [5, 5.41) is 23.9. The molecule has 6 nitrogen and oxygen atoms in total. The van der Waals surface area contributed by atoms with E-state index in [9.17, 15) is 10.1 Å². The van der Waals surface area contributed by atoms with Gasteiger partial charge in [-0.25, -0.2) is 0 Å². The van der Waals surface area contributed by atoms with Gasteiger partial charge < -0.3 is 4.57 Å². The topological polar surface area (TPSA) is 83.6 Å². The van der Waals surface area contributed by atoms with Crippen molar-refractivity contribution in [3.8, 4) is 11.8 Å². The van der Waals surface area contributed by atoms with Gasteiger partial charge in [0.15, 0.2) is 0 Å². The molecule has 1 amide bonds. The Morgan fingerprint density at radius 1 is 1.16 bits per heavy atom. The van der Waals surface area contributed by atoms with Crippen molar-refractivity contribution in [1.29, 1.82) is 5.26 Å². The molecule has 4 aromatic rings. The second kappa shape index (κ2) is 8.94. The lowest BCUT2D eigenvalue weighted by Crippen LogP contribution is -2.13. The first-order chi connectivity index (χ1) is 15.0. The Balaban J connectivity index is 1.58. The van der Waals surface area contributed by atoms with Crippen LogP contribution in [-0.2, 0) is 11.2 Å². The average Bonchev–Trinajstić information content (AvgIpc) is 3.40. The molecule has 0 saturated heterocycles. The summed E-state index contributed by atoms with van der Waals surface area (Å²) in [5.41, 5.74) is 1.69. The van der Waals surface area contributed by atoms with Crippen LogP contribution >= 0.6 is 11.3 Å². The molecule has 0 bridgehead atoms. The molecule has 31 heavy (non-hydrogen) atoms. The Bertz CT molecular complexity index is 1310. The first-order valence-electron chi connectivity index (χ1n) is 9.95. The second-order valence-electron chi connectivity index (χ2n) is 7.56. The molecule has 7 heteroatoms. The van der Waals surface area contributed by atoms with E-state index < -0.39 is 5.91 Å². The van der Waals surface area contributed by atoms with Gasteiger partial charge in [-0.2, -0.15) is 5.26 Å². The fourth-order valence-electron chi connectivity index (χ4n) is 3.27. The summed E-state index contributed by atoms with van der Waals surface area (Å²) in [4.78, 5) is 12.7. The molecule has 4 rings (SSSR count). The van der Waals surface area contributed by atoms with Crippen LogP contribution in [0.15, 0.2) is 66.4 Å². The number of nitrogens with zero attached hydrogens (tertiary/aromatic N) is 4. The first-order valence-corrected chi connectivity index (χ1v) is 10.8. The summed E-state index contributed by atoms with van der Waals surface area (Å²) in [6.45, 7) is 4.20. The molecule has 0 saturated carbocycles. The van der Waals surface area contributed by atoms with E-state index >= 15 is 0 Å². The minimum Gasteiger partial charge on any atom is -0.317 e. The highest BCUT2D eigenvalue weighted by Crippen LogP contribution is 2.22. The number of nitrogens with one attached hydrogen (secondary N) is 1. The van der Waals surface area contributed by atoms with E-state index in [1.54, 1.807) is 6.08 Å². The van der Waals surface area contributed by atoms with E-state index in [4.69, 9.17) is 0 Å². The third-order valence-electron chi connectivity index (χ3n) is 4.72. The number of hydrogen-bond acceptors (Lipinski definition) is 5. The standard InChI is InChI=1S/C24H21N5OS/c1-16(2)12-22-27-28-24(31-22)26-23(30)19(15-25)14-20-8-5-11-29(20)21-10-9-17-6-3-4-7-18(17)13-21/h3-11,13-14,16H,12H2,1-2H3,(H,26,28,30)/b19-14-. The lowest BCUT2D eigenvalue weighted by atomic mass is 10.1. The van der Waals surface area contributed by atoms with Crippen LogP contribution in [0.1, 0.15) is 24.5 Å². The number of rotatable bonds is 6. The monoisotopic (exact) mass is 427 g/mol. The van der Waals surface area contributed by atoms with E-state index in [2.05, 4.69) is 53.6 Å². The van der Waals surface area contributed by atoms with Gasteiger partial charge in [0.25, 0.3) is 5.91 Å². The van der Waals surface area contributed by atoms with Gasteiger partial charge in [0.05, 0.1) is 0 Å². The molecule has 0 fully saturated rings. The normalized spacial score (nSPS) is 11.6. The van der Waals surface area contributed by atoms with Crippen LogP contribution in [0.2, 0.25) is 0 Å². The predicted octanol–water partition coefficient (Wildman–Crippen LogP) is 5.23. The van der Waals surface area contributed by atoms with Crippen LogP contribution in [0, 0.1) is 17.2 Å². The van der Waals surface area contributed by atoms with Crippen molar-refractivity contribution in [2.75, 3.05) is 5.32 Å². The minimum absolute atomic E-state index is 0.00125. The zero-order valence-corrected chi connectivity index (χ0v) is 18.1. The van der Waals surface area contributed by atoms with Crippen LogP contribution in [-0.4, -0.2) is 20.7 Å². The van der Waals surface area contributed by atoms with Crippen molar-refractivity contribution in [2.24, 2.45) is 5.92 Å². The van der Waals surface area contributed by atoms with Crippen LogP contribution in [0.3, 0.4) is 0 Å². The molecular formula is C24H21N5OS. The fraction of sp³-hybridized carbons (Fsp3) is 0.167. The van der Waals surface area contributed by atoms with Crippen molar-refractivity contribution < 1.29 is 4.79 Å². The summed E-state index contributed by atoms with van der Waals surface area (Å²) < 4.78 is 1.95. The SMILES string of the molecule is CC(C)Cc1nnc(NC(=O)/C(C#N)=C\c2cccn2-c2ccc3ccccc3c2)s1. The van der Waals surface area contributed by atoms with Crippen LogP contribution in [0.4, 0.5) is 5.13 Å². The van der Waals surface area contributed by atoms with Gasteiger partial charge in [0.1, 0.15) is 16.6 Å². The molecule has 0 aliphatic carbocycles. The smallest absolute Gasteiger partial charge is 0.268 e. The van der Waals surface area contributed by atoms with E-state index in [0.29, 0.717) is 11.0 Å². The van der Waals surface area contributed by atoms with Crippen LogP contribution in [0.25, 0.3) is 22.5 Å². The third-order valence-corrected chi connectivity index (χ3v) is 5.58. The molecule has 0 atom stereocenters. The molecule has 2 heterocycles. The summed E-state index contributed by atoms with van der Waals surface area (Å²) in [5.74, 6) is -0.0463. The maximum atomic E-state index is 12.7. The maximum Gasteiger partial charge on any atom is 0.268 e. The van der Waals surface area contributed by atoms with Crippen molar-refractivity contribution >= 4 is 39.2 Å². The third kappa shape index (κ3) is 4.71. The number of benzene rings is 2. The molecule has 0 unspecified atom stereocenters. The van der Waals surface area contributed by atoms with E-state index in [-0.39, 0.29) is 5.57 Å². The van der Waals surface area contributed by atoms with Crippen molar-refractivity contribution in [3.05, 3.63) is 77.1 Å². The van der Waals surface area contributed by atoms with Gasteiger partial charge in [-0.05, 0) is 47.0 Å². The number of carbonyl (C=O) groups excluding carboxylic acids is 1. The highest BCUT2D eigenvalue weighted by molar-refractivity contribution is 7.15. The minimum atomic E-state index is -0.499. The number of nitriles is 1. The molecule has 0 aliphatic heterocycles. The molecule has 0 spiro atoms. The Morgan fingerprint density at radius 3 is 2.74 bits per heavy atom. The Hall–Kier alpha value is -3.76. The Kier molecular flexibility index (Phi) is 5.92. The van der Waals surface area contributed by atoms with Gasteiger partial charge in [-0.15, -0.1) is 10.2 Å². The fourth-order valence-corrected chi connectivity index (χ4v) is 4.22. The number of amides is 1. The molecule has 2 aromatic carbocycles. The number of carbonyl (C=O) groups is 1. The van der Waals surface area contributed by atoms with E-state index in [1.165, 1.54) is 11.3 Å². The average molecular weight is 428 g/mol. The van der Waals surface area contributed by atoms with Gasteiger partial charge in [0, 0.05) is 24.0 Å². The highest BCUT2D eigenvalue weighted by atomic mass is 32.1. The molecule has 1 N–H and O–H groups in total. The Morgan fingerprint density at radius 2 is 1.97 bits per heavy atom. The number of hydrogen-bond donors (Lipinski definition) is 1. The van der Waals surface area contributed by atoms with Gasteiger partial charge >= 0.3 is 0 Å². The summed E-state index contributed by atoms with van der Waals surface area (Å²) in [6.07, 6.45) is 4.29. The Labute approximate surface area is 184 Å². The van der Waals surface area contributed by atoms with Crippen molar-refractivity contribution in [1.82, 2.24) is 14.8 Å². The molecule has 0 radical (unpaired) electrons. The molecular weight excluding hydrogens is 406 g/mol. The zero-order valence-electron chi connectivity index (χ0n) is 17.2. The first kappa shape index (κ1) is 20.5. The number of anilines is 1. The predicted molar refractivity (Wildman–Crippen MR) is 124 cm³/mol. The van der Waals surface area contributed by atoms with Crippen LogP contribution in [0.5, 0.6) is 0 Å². The second-order valence-corrected chi connectivity index (χ2v) is 8.62. The lowest BCUT2D eigenvalue weighted by Gasteiger charge is -2.09. The molecule has 154 valence electrons. The maximum absolute atomic E-state index is 12.7. The highest BCUT2D eigenvalue weighted by Gasteiger charge is 2.14. The number of aromatic nitrogens is 3. The zero-order chi connectivity index (χ0) is 21.8. The quantitative estimate of drug-likeness (QED) is 0.337. The lowest BCUT2D eigenvalue weighted by molar-refractivity contribution is -0.112. The van der Waals surface area contributed by atoms with E-state index in [1.807, 2.05) is 47.2 Å². The van der Waals surface area contributed by atoms with Gasteiger partial charge in [-0.3, -0.25) is 10.1 Å². The largest absolute Gasteiger partial charge is 0.317 e. The van der Waals surface area contributed by atoms with Crippen LogP contribution < -0.4 is 5.32 Å². The van der Waals surface area contributed by atoms with Crippen molar-refractivity contribution in [2.45, 2.75) is 20.3 Å². The summed E-state index contributed by atoms with van der Waals surface area (Å²) in [6, 6.07) is 20.0. The van der Waals surface area contributed by atoms with E-state index in [0.717, 1.165) is 33.6 Å². The number of fused-ring (bicyclic) bond motifs is 1. The van der Waals surface area contributed by atoms with Gasteiger partial charge in [-0.1, -0.05) is 55.5 Å².